The molecule has 2 aliphatic heterocycles. The van der Waals surface area contributed by atoms with Gasteiger partial charge in [0.25, 0.3) is 0 Å². The van der Waals surface area contributed by atoms with Crippen molar-refractivity contribution in [3.63, 3.8) is 0 Å². The quantitative estimate of drug-likeness (QED) is 0.277. The molecule has 0 saturated carbocycles. The molecule has 0 aliphatic carbocycles. The molecular weight excluding hydrogens is 334 g/mol. The number of amides is 1. The number of hydrogen-bond donors (Lipinski definition) is 0. The van der Waals surface area contributed by atoms with Crippen molar-refractivity contribution in [2.75, 3.05) is 0 Å². The van der Waals surface area contributed by atoms with E-state index in [1.807, 2.05) is 25.7 Å². The van der Waals surface area contributed by atoms with Crippen LogP contribution in [0.15, 0.2) is 11.6 Å². The van der Waals surface area contributed by atoms with Crippen LogP contribution in [0.5, 0.6) is 0 Å². The lowest BCUT2D eigenvalue weighted by atomic mass is 9.96. The molecule has 1 saturated heterocycles. The summed E-state index contributed by atoms with van der Waals surface area (Å²) in [6.07, 6.45) is 20.7. The predicted molar refractivity (Wildman–Crippen MR) is 114 cm³/mol. The van der Waals surface area contributed by atoms with Crippen LogP contribution >= 0.6 is 0 Å². The molecule has 2 aliphatic rings. The topological polar surface area (TPSA) is 29.5 Å². The van der Waals surface area contributed by atoms with E-state index in [0.717, 1.165) is 19.3 Å². The van der Waals surface area contributed by atoms with E-state index in [2.05, 4.69) is 13.0 Å². The van der Waals surface area contributed by atoms with Crippen LogP contribution in [0.1, 0.15) is 118 Å². The molecule has 0 radical (unpaired) electrons. The Bertz CT molecular complexity index is 477. The summed E-state index contributed by atoms with van der Waals surface area (Å²) >= 11 is 0. The summed E-state index contributed by atoms with van der Waals surface area (Å²) in [5.41, 5.74) is 1.18. The van der Waals surface area contributed by atoms with Gasteiger partial charge >= 0.3 is 6.09 Å². The number of carbonyl (C=O) groups excluding carboxylic acids is 1. The molecule has 0 aromatic rings. The van der Waals surface area contributed by atoms with Crippen molar-refractivity contribution in [2.24, 2.45) is 0 Å². The summed E-state index contributed by atoms with van der Waals surface area (Å²) in [4.78, 5) is 14.5. The minimum absolute atomic E-state index is 0.121. The van der Waals surface area contributed by atoms with Crippen LogP contribution in [0.3, 0.4) is 0 Å². The Morgan fingerprint density at radius 1 is 1.00 bits per heavy atom. The number of rotatable bonds is 11. The minimum Gasteiger partial charge on any atom is -0.444 e. The van der Waals surface area contributed by atoms with Gasteiger partial charge < -0.3 is 4.74 Å². The lowest BCUT2D eigenvalue weighted by molar-refractivity contribution is 0.0166. The number of hydrogen-bond acceptors (Lipinski definition) is 2. The molecule has 1 amide bonds. The fourth-order valence-electron chi connectivity index (χ4n) is 4.54. The highest BCUT2D eigenvalue weighted by Gasteiger charge is 2.41. The third-order valence-corrected chi connectivity index (χ3v) is 5.93. The van der Waals surface area contributed by atoms with Crippen LogP contribution in [-0.2, 0) is 4.74 Å². The smallest absolute Gasteiger partial charge is 0.411 e. The fraction of sp³-hybridized carbons (Fsp3) is 0.875. The van der Waals surface area contributed by atoms with Gasteiger partial charge in [-0.2, -0.15) is 0 Å². The van der Waals surface area contributed by atoms with Gasteiger partial charge in [0.15, 0.2) is 0 Å². The molecule has 2 rings (SSSR count). The zero-order valence-corrected chi connectivity index (χ0v) is 18.4. The zero-order valence-electron chi connectivity index (χ0n) is 18.4. The van der Waals surface area contributed by atoms with Gasteiger partial charge in [-0.05, 0) is 52.9 Å². The van der Waals surface area contributed by atoms with E-state index in [-0.39, 0.29) is 12.1 Å². The summed E-state index contributed by atoms with van der Waals surface area (Å²) in [5, 5.41) is 0. The maximum Gasteiger partial charge on any atom is 0.411 e. The SMILES string of the molecule is CCCCCCCCCCCCC1=CC2CCC(C1)N2C(=O)OC(C)(C)C. The predicted octanol–water partition coefficient (Wildman–Crippen LogP) is 7.40. The molecule has 27 heavy (non-hydrogen) atoms. The molecule has 0 aromatic carbocycles. The van der Waals surface area contributed by atoms with E-state index in [1.165, 1.54) is 70.6 Å². The molecule has 1 fully saturated rings. The van der Waals surface area contributed by atoms with Gasteiger partial charge in [0.05, 0.1) is 6.04 Å². The zero-order chi connectivity index (χ0) is 19.7. The van der Waals surface area contributed by atoms with Crippen LogP contribution in [0.25, 0.3) is 0 Å². The van der Waals surface area contributed by atoms with Crippen LogP contribution in [0.4, 0.5) is 4.79 Å². The van der Waals surface area contributed by atoms with Gasteiger partial charge in [-0.25, -0.2) is 4.79 Å². The van der Waals surface area contributed by atoms with Crippen molar-refractivity contribution < 1.29 is 9.53 Å². The monoisotopic (exact) mass is 377 g/mol. The summed E-state index contributed by atoms with van der Waals surface area (Å²) in [6, 6.07) is 0.643. The van der Waals surface area contributed by atoms with Crippen LogP contribution in [-0.4, -0.2) is 28.7 Å². The van der Waals surface area contributed by atoms with Gasteiger partial charge in [-0.1, -0.05) is 76.4 Å². The Morgan fingerprint density at radius 2 is 1.59 bits per heavy atom. The highest BCUT2D eigenvalue weighted by atomic mass is 16.6. The summed E-state index contributed by atoms with van der Waals surface area (Å²) < 4.78 is 5.62. The van der Waals surface area contributed by atoms with Crippen LogP contribution < -0.4 is 0 Å². The maximum atomic E-state index is 12.5. The Labute approximate surface area is 167 Å². The second kappa shape index (κ2) is 11.1. The van der Waals surface area contributed by atoms with E-state index in [4.69, 9.17) is 4.74 Å². The second-order valence-electron chi connectivity index (χ2n) is 9.65. The third-order valence-electron chi connectivity index (χ3n) is 5.93. The second-order valence-corrected chi connectivity index (χ2v) is 9.65. The first-order chi connectivity index (χ1) is 12.9. The summed E-state index contributed by atoms with van der Waals surface area (Å²) in [7, 11) is 0. The number of unbranched alkanes of at least 4 members (excludes halogenated alkanes) is 9. The minimum atomic E-state index is -0.406. The molecule has 0 aromatic heterocycles. The first-order valence-electron chi connectivity index (χ1n) is 11.6. The molecule has 2 unspecified atom stereocenters. The Balaban J connectivity index is 1.61. The lowest BCUT2D eigenvalue weighted by Crippen LogP contribution is -2.45. The molecular formula is C24H43NO2. The van der Waals surface area contributed by atoms with E-state index in [9.17, 15) is 4.79 Å². The summed E-state index contributed by atoms with van der Waals surface area (Å²) in [6.45, 7) is 8.12. The normalized spacial score (nSPS) is 22.1. The number of carbonyl (C=O) groups is 1. The van der Waals surface area contributed by atoms with E-state index >= 15 is 0 Å². The van der Waals surface area contributed by atoms with Crippen molar-refractivity contribution in [1.82, 2.24) is 4.90 Å². The molecule has 2 atom stereocenters. The molecule has 2 heterocycles. The van der Waals surface area contributed by atoms with Gasteiger partial charge in [0.2, 0.25) is 0 Å². The van der Waals surface area contributed by atoms with Crippen LogP contribution in [0.2, 0.25) is 0 Å². The van der Waals surface area contributed by atoms with Crippen molar-refractivity contribution in [2.45, 2.75) is 135 Å². The Hall–Kier alpha value is -0.990. The average Bonchev–Trinajstić information content (AvgIpc) is 2.86. The largest absolute Gasteiger partial charge is 0.444 e. The van der Waals surface area contributed by atoms with Crippen molar-refractivity contribution >= 4 is 6.09 Å². The average molecular weight is 378 g/mol. The van der Waals surface area contributed by atoms with E-state index in [1.54, 1.807) is 5.57 Å². The molecule has 3 heteroatoms. The van der Waals surface area contributed by atoms with Gasteiger partial charge in [0.1, 0.15) is 5.60 Å². The number of ether oxygens (including phenoxy) is 1. The number of nitrogens with zero attached hydrogens (tertiary/aromatic N) is 1. The van der Waals surface area contributed by atoms with Gasteiger partial charge in [-0.15, -0.1) is 0 Å². The third kappa shape index (κ3) is 7.87. The molecule has 156 valence electrons. The van der Waals surface area contributed by atoms with Crippen LogP contribution in [0, 0.1) is 0 Å². The maximum absolute atomic E-state index is 12.5. The molecule has 0 spiro atoms. The lowest BCUT2D eigenvalue weighted by Gasteiger charge is -2.35. The van der Waals surface area contributed by atoms with E-state index in [0.29, 0.717) is 6.04 Å². The molecule has 0 N–H and O–H groups in total. The van der Waals surface area contributed by atoms with Crippen molar-refractivity contribution in [3.8, 4) is 0 Å². The van der Waals surface area contributed by atoms with E-state index < -0.39 is 5.60 Å². The highest BCUT2D eigenvalue weighted by Crippen LogP contribution is 2.37. The van der Waals surface area contributed by atoms with Crippen molar-refractivity contribution in [3.05, 3.63) is 11.6 Å². The Kier molecular flexibility index (Phi) is 9.18. The standard InChI is InChI=1S/C24H43NO2/c1-5-6-7-8-9-10-11-12-13-14-15-20-18-21-16-17-22(19-20)25(21)23(26)27-24(2,3)4/h18,21-22H,5-17,19H2,1-4H3. The fourth-order valence-corrected chi connectivity index (χ4v) is 4.54. The highest BCUT2D eigenvalue weighted by molar-refractivity contribution is 5.70. The Morgan fingerprint density at radius 3 is 2.15 bits per heavy atom. The first kappa shape index (κ1) is 22.3. The molecule has 2 bridgehead atoms. The van der Waals surface area contributed by atoms with Gasteiger partial charge in [0, 0.05) is 6.04 Å². The number of fused-ring (bicyclic) bond motifs is 2. The molecule has 3 nitrogen and oxygen atoms in total. The first-order valence-corrected chi connectivity index (χ1v) is 11.6. The summed E-state index contributed by atoms with van der Waals surface area (Å²) in [5.74, 6) is 0. The van der Waals surface area contributed by atoms with Gasteiger partial charge in [-0.3, -0.25) is 4.90 Å². The van der Waals surface area contributed by atoms with Crippen molar-refractivity contribution in [1.29, 1.82) is 0 Å².